The molecular weight excluding hydrogens is 277 g/mol. The van der Waals surface area contributed by atoms with Gasteiger partial charge in [0.15, 0.2) is 0 Å². The number of halogens is 3. The number of piperazine rings is 1. The van der Waals surface area contributed by atoms with E-state index in [0.29, 0.717) is 0 Å². The minimum absolute atomic E-state index is 0.000120. The fourth-order valence-corrected chi connectivity index (χ4v) is 2.11. The third kappa shape index (κ3) is 4.66. The van der Waals surface area contributed by atoms with Gasteiger partial charge in [-0.2, -0.15) is 25.9 Å². The van der Waals surface area contributed by atoms with Gasteiger partial charge in [0.25, 0.3) is 10.2 Å². The molecule has 1 fully saturated rings. The average molecular weight is 290 g/mol. The van der Waals surface area contributed by atoms with Crippen LogP contribution in [0.3, 0.4) is 0 Å². The molecule has 0 bridgehead atoms. The number of carbonyl (C=O) groups is 1. The molecule has 0 saturated carbocycles. The van der Waals surface area contributed by atoms with Crippen molar-refractivity contribution in [2.24, 2.45) is 5.14 Å². The zero-order valence-corrected chi connectivity index (χ0v) is 10.1. The van der Waals surface area contributed by atoms with Crippen LogP contribution in [0.2, 0.25) is 0 Å². The first-order valence-corrected chi connectivity index (χ1v) is 6.47. The van der Waals surface area contributed by atoms with Crippen molar-refractivity contribution in [3.8, 4) is 0 Å². The van der Waals surface area contributed by atoms with E-state index in [2.05, 4.69) is 0 Å². The molecular formula is C7H13F3N4O3S. The highest BCUT2D eigenvalue weighted by atomic mass is 32.2. The van der Waals surface area contributed by atoms with Gasteiger partial charge in [-0.25, -0.2) is 9.93 Å². The van der Waals surface area contributed by atoms with E-state index in [4.69, 9.17) is 5.14 Å². The quantitative estimate of drug-likeness (QED) is 0.688. The lowest BCUT2D eigenvalue weighted by Crippen LogP contribution is -2.55. The molecule has 1 aliphatic rings. The number of hydrogen-bond acceptors (Lipinski definition) is 3. The molecule has 1 rings (SSSR count). The number of nitrogens with two attached hydrogens (primary N) is 1. The van der Waals surface area contributed by atoms with Gasteiger partial charge in [0.1, 0.15) is 6.54 Å². The van der Waals surface area contributed by atoms with Crippen LogP contribution in [0.5, 0.6) is 0 Å². The maximum Gasteiger partial charge on any atom is 0.405 e. The van der Waals surface area contributed by atoms with Crippen molar-refractivity contribution in [2.75, 3.05) is 32.7 Å². The van der Waals surface area contributed by atoms with Crippen LogP contribution >= 0.6 is 0 Å². The molecule has 1 heterocycles. The molecule has 18 heavy (non-hydrogen) atoms. The van der Waals surface area contributed by atoms with E-state index in [0.717, 1.165) is 9.21 Å². The molecule has 0 aliphatic carbocycles. The molecule has 1 saturated heterocycles. The lowest BCUT2D eigenvalue weighted by Gasteiger charge is -2.32. The van der Waals surface area contributed by atoms with Gasteiger partial charge < -0.3 is 10.2 Å². The predicted octanol–water partition coefficient (Wildman–Crippen LogP) is -0.921. The molecule has 0 aromatic rings. The van der Waals surface area contributed by atoms with Crippen molar-refractivity contribution in [3.63, 3.8) is 0 Å². The Morgan fingerprint density at radius 1 is 1.22 bits per heavy atom. The number of rotatable bonds is 2. The van der Waals surface area contributed by atoms with Gasteiger partial charge in [0, 0.05) is 26.2 Å². The summed E-state index contributed by atoms with van der Waals surface area (Å²) in [6, 6.07) is -0.874. The first kappa shape index (κ1) is 15.0. The van der Waals surface area contributed by atoms with Gasteiger partial charge in [-0.15, -0.1) is 0 Å². The van der Waals surface area contributed by atoms with Gasteiger partial charge in [0.05, 0.1) is 0 Å². The van der Waals surface area contributed by atoms with Gasteiger partial charge in [-0.05, 0) is 0 Å². The second kappa shape index (κ2) is 5.28. The van der Waals surface area contributed by atoms with Crippen molar-refractivity contribution in [3.05, 3.63) is 0 Å². The van der Waals surface area contributed by atoms with Gasteiger partial charge in [0.2, 0.25) is 0 Å². The van der Waals surface area contributed by atoms with Crippen molar-refractivity contribution >= 4 is 16.2 Å². The fourth-order valence-electron chi connectivity index (χ4n) is 1.43. The van der Waals surface area contributed by atoms with Crippen molar-refractivity contribution < 1.29 is 26.4 Å². The Morgan fingerprint density at radius 3 is 2.11 bits per heavy atom. The van der Waals surface area contributed by atoms with E-state index in [9.17, 15) is 26.4 Å². The molecule has 0 aromatic heterocycles. The van der Waals surface area contributed by atoms with Crippen LogP contribution in [-0.4, -0.2) is 62.6 Å². The normalized spacial score (nSPS) is 18.8. The van der Waals surface area contributed by atoms with Crippen LogP contribution in [0, 0.1) is 0 Å². The van der Waals surface area contributed by atoms with Crippen molar-refractivity contribution in [1.29, 1.82) is 0 Å². The third-order valence-corrected chi connectivity index (χ3v) is 3.41. The highest BCUT2D eigenvalue weighted by molar-refractivity contribution is 7.86. The van der Waals surface area contributed by atoms with Crippen LogP contribution in [0.1, 0.15) is 0 Å². The Kier molecular flexibility index (Phi) is 4.40. The molecule has 0 aromatic carbocycles. The summed E-state index contributed by atoms with van der Waals surface area (Å²) in [5, 5.41) is 6.59. The van der Waals surface area contributed by atoms with Crippen LogP contribution < -0.4 is 10.5 Å². The number of amides is 2. The maximum atomic E-state index is 11.9. The number of carbonyl (C=O) groups excluding carboxylic acids is 1. The minimum Gasteiger partial charge on any atom is -0.329 e. The third-order valence-electron chi connectivity index (χ3n) is 2.33. The largest absolute Gasteiger partial charge is 0.405 e. The molecule has 0 radical (unpaired) electrons. The highest BCUT2D eigenvalue weighted by Crippen LogP contribution is 2.12. The topological polar surface area (TPSA) is 95.7 Å². The Balaban J connectivity index is 2.41. The molecule has 11 heteroatoms. The summed E-state index contributed by atoms with van der Waals surface area (Å²) in [6.45, 7) is -1.47. The SMILES string of the molecule is NS(=O)(=O)N1CCN(C(=O)NCC(F)(F)F)CC1. The second-order valence-corrected chi connectivity index (χ2v) is 5.25. The van der Waals surface area contributed by atoms with Crippen LogP contribution in [0.25, 0.3) is 0 Å². The molecule has 1 aliphatic heterocycles. The lowest BCUT2D eigenvalue weighted by atomic mass is 10.4. The number of urea groups is 1. The first-order chi connectivity index (χ1) is 8.09. The minimum atomic E-state index is -4.47. The average Bonchev–Trinajstić information content (AvgIpc) is 2.24. The predicted molar refractivity (Wildman–Crippen MR) is 55.7 cm³/mol. The molecule has 7 nitrogen and oxygen atoms in total. The van der Waals surface area contributed by atoms with Crippen molar-refractivity contribution in [1.82, 2.24) is 14.5 Å². The van der Waals surface area contributed by atoms with E-state index in [1.807, 2.05) is 0 Å². The second-order valence-electron chi connectivity index (χ2n) is 3.70. The zero-order valence-electron chi connectivity index (χ0n) is 9.27. The van der Waals surface area contributed by atoms with E-state index >= 15 is 0 Å². The Bertz CT molecular complexity index is 403. The summed E-state index contributed by atoms with van der Waals surface area (Å²) in [5.74, 6) is 0. The summed E-state index contributed by atoms with van der Waals surface area (Å²) in [5.41, 5.74) is 0. The number of hydrogen-bond donors (Lipinski definition) is 2. The zero-order chi connectivity index (χ0) is 14.0. The number of alkyl halides is 3. The standard InChI is InChI=1S/C7H13F3N4O3S/c8-7(9,10)5-12-6(15)13-1-3-14(4-2-13)18(11,16)17/h1-5H2,(H,12,15)(H2,11,16,17). The van der Waals surface area contributed by atoms with Crippen LogP contribution in [0.4, 0.5) is 18.0 Å². The van der Waals surface area contributed by atoms with Crippen LogP contribution in [0.15, 0.2) is 0 Å². The molecule has 3 N–H and O–H groups in total. The van der Waals surface area contributed by atoms with Crippen LogP contribution in [-0.2, 0) is 10.2 Å². The first-order valence-electron chi connectivity index (χ1n) is 4.97. The smallest absolute Gasteiger partial charge is 0.329 e. The van der Waals surface area contributed by atoms with E-state index in [-0.39, 0.29) is 26.2 Å². The summed E-state index contributed by atoms with van der Waals surface area (Å²) < 4.78 is 58.5. The Morgan fingerprint density at radius 2 is 1.72 bits per heavy atom. The summed E-state index contributed by atoms with van der Waals surface area (Å²) >= 11 is 0. The van der Waals surface area contributed by atoms with E-state index in [1.165, 1.54) is 0 Å². The fraction of sp³-hybridized carbons (Fsp3) is 0.857. The molecule has 2 amide bonds. The molecule has 106 valence electrons. The molecule has 0 spiro atoms. The van der Waals surface area contributed by atoms with E-state index < -0.39 is 29.0 Å². The van der Waals surface area contributed by atoms with Gasteiger partial charge in [-0.3, -0.25) is 0 Å². The van der Waals surface area contributed by atoms with Gasteiger partial charge >= 0.3 is 12.2 Å². The monoisotopic (exact) mass is 290 g/mol. The summed E-state index contributed by atoms with van der Waals surface area (Å²) in [7, 11) is -3.82. The number of nitrogens with zero attached hydrogens (tertiary/aromatic N) is 2. The summed E-state index contributed by atoms with van der Waals surface area (Å²) in [4.78, 5) is 12.4. The summed E-state index contributed by atoms with van der Waals surface area (Å²) in [6.07, 6.45) is -4.47. The van der Waals surface area contributed by atoms with Crippen molar-refractivity contribution in [2.45, 2.75) is 6.18 Å². The Labute approximate surface area is 102 Å². The maximum absolute atomic E-state index is 11.9. The molecule has 0 unspecified atom stereocenters. The van der Waals surface area contributed by atoms with Gasteiger partial charge in [-0.1, -0.05) is 0 Å². The van der Waals surface area contributed by atoms with E-state index in [1.54, 1.807) is 5.32 Å². The molecule has 0 atom stereocenters. The highest BCUT2D eigenvalue weighted by Gasteiger charge is 2.30. The Hall–Kier alpha value is -1.07. The lowest BCUT2D eigenvalue weighted by molar-refractivity contribution is -0.123. The number of nitrogens with one attached hydrogen (secondary N) is 1.